The van der Waals surface area contributed by atoms with Crippen LogP contribution in [0.3, 0.4) is 0 Å². The van der Waals surface area contributed by atoms with Gasteiger partial charge in [0.2, 0.25) is 11.5 Å². The van der Waals surface area contributed by atoms with Gasteiger partial charge in [-0.05, 0) is 30.2 Å². The lowest BCUT2D eigenvalue weighted by atomic mass is 10.1. The molecule has 0 amide bonds. The van der Waals surface area contributed by atoms with E-state index in [1.165, 1.54) is 14.2 Å². The first-order valence-corrected chi connectivity index (χ1v) is 10.2. The lowest BCUT2D eigenvalue weighted by Gasteiger charge is -2.20. The van der Waals surface area contributed by atoms with E-state index in [-0.39, 0.29) is 12.2 Å². The second-order valence-electron chi connectivity index (χ2n) is 6.75. The van der Waals surface area contributed by atoms with E-state index < -0.39 is 5.97 Å². The van der Waals surface area contributed by atoms with E-state index in [0.29, 0.717) is 34.3 Å². The lowest BCUT2D eigenvalue weighted by molar-refractivity contribution is -0.133. The second-order valence-corrected chi connectivity index (χ2v) is 7.19. The quantitative estimate of drug-likeness (QED) is 0.243. The Hall–Kier alpha value is -2.92. The van der Waals surface area contributed by atoms with Gasteiger partial charge in [-0.2, -0.15) is 0 Å². The molecule has 3 rings (SSSR count). The van der Waals surface area contributed by atoms with Gasteiger partial charge in [-0.1, -0.05) is 55.3 Å². The van der Waals surface area contributed by atoms with Crippen molar-refractivity contribution in [1.29, 1.82) is 0 Å². The number of ether oxygens (including phenoxy) is 4. The van der Waals surface area contributed by atoms with Crippen molar-refractivity contribution in [2.75, 3.05) is 20.8 Å². The molecule has 0 radical (unpaired) electrons. The Bertz CT molecular complexity index is 1020. The standard InChI is InChI=1S/C24H25ClO5/c1-4-5-13-29-21-18-12-11-17(25)15-19(18)22(24(28-3)23(21)27-2)30-20(26)14-16-9-7-6-8-10-16/h6-12,15H,4-5,13-14H2,1-3H3. The van der Waals surface area contributed by atoms with Crippen LogP contribution in [-0.4, -0.2) is 26.8 Å². The molecular formula is C24H25ClO5. The number of methoxy groups -OCH3 is 2. The molecule has 0 fully saturated rings. The Kier molecular flexibility index (Phi) is 7.41. The zero-order chi connectivity index (χ0) is 21.5. The fraction of sp³-hybridized carbons (Fsp3) is 0.292. The van der Waals surface area contributed by atoms with Crippen molar-refractivity contribution in [3.8, 4) is 23.0 Å². The number of rotatable bonds is 9. The normalized spacial score (nSPS) is 10.7. The summed E-state index contributed by atoms with van der Waals surface area (Å²) >= 11 is 6.25. The smallest absolute Gasteiger partial charge is 0.315 e. The number of hydrogen-bond donors (Lipinski definition) is 0. The van der Waals surface area contributed by atoms with Gasteiger partial charge >= 0.3 is 5.97 Å². The second kappa shape index (κ2) is 10.2. The van der Waals surface area contributed by atoms with Crippen LogP contribution in [0.25, 0.3) is 10.8 Å². The molecule has 0 aromatic heterocycles. The highest BCUT2D eigenvalue weighted by Crippen LogP contribution is 2.51. The van der Waals surface area contributed by atoms with Crippen molar-refractivity contribution in [1.82, 2.24) is 0 Å². The number of carbonyl (C=O) groups is 1. The van der Waals surface area contributed by atoms with Crippen molar-refractivity contribution >= 4 is 28.3 Å². The van der Waals surface area contributed by atoms with Crippen LogP contribution >= 0.6 is 11.6 Å². The molecule has 30 heavy (non-hydrogen) atoms. The lowest BCUT2D eigenvalue weighted by Crippen LogP contribution is -2.13. The number of benzene rings is 3. The van der Waals surface area contributed by atoms with Gasteiger partial charge in [-0.3, -0.25) is 4.79 Å². The molecule has 0 heterocycles. The summed E-state index contributed by atoms with van der Waals surface area (Å²) in [4.78, 5) is 12.7. The average molecular weight is 429 g/mol. The van der Waals surface area contributed by atoms with Crippen LogP contribution in [0.2, 0.25) is 5.02 Å². The third kappa shape index (κ3) is 4.79. The van der Waals surface area contributed by atoms with Crippen LogP contribution in [-0.2, 0) is 11.2 Å². The minimum Gasteiger partial charge on any atom is -0.490 e. The monoisotopic (exact) mass is 428 g/mol. The summed E-state index contributed by atoms with van der Waals surface area (Å²) in [5.74, 6) is 1.06. The predicted octanol–water partition coefficient (Wildman–Crippen LogP) is 5.84. The highest BCUT2D eigenvalue weighted by atomic mass is 35.5. The van der Waals surface area contributed by atoms with E-state index in [2.05, 4.69) is 6.92 Å². The number of carbonyl (C=O) groups excluding carboxylic acids is 1. The van der Waals surface area contributed by atoms with Gasteiger partial charge in [-0.15, -0.1) is 0 Å². The molecule has 0 unspecified atom stereocenters. The van der Waals surface area contributed by atoms with Crippen molar-refractivity contribution < 1.29 is 23.7 Å². The molecule has 0 aliphatic carbocycles. The first-order chi connectivity index (χ1) is 14.6. The highest BCUT2D eigenvalue weighted by Gasteiger charge is 2.25. The number of esters is 1. The molecule has 0 aliphatic heterocycles. The molecular weight excluding hydrogens is 404 g/mol. The van der Waals surface area contributed by atoms with Crippen LogP contribution in [0.5, 0.6) is 23.0 Å². The molecule has 0 aliphatic rings. The zero-order valence-electron chi connectivity index (χ0n) is 17.4. The van der Waals surface area contributed by atoms with E-state index in [0.717, 1.165) is 23.8 Å². The Morgan fingerprint density at radius 1 is 0.900 bits per heavy atom. The molecule has 3 aromatic rings. The predicted molar refractivity (Wildman–Crippen MR) is 118 cm³/mol. The number of unbranched alkanes of at least 4 members (excludes halogenated alkanes) is 1. The summed E-state index contributed by atoms with van der Waals surface area (Å²) in [6.07, 6.45) is 2.02. The maximum atomic E-state index is 12.7. The van der Waals surface area contributed by atoms with Gasteiger partial charge in [0.05, 0.1) is 27.2 Å². The minimum absolute atomic E-state index is 0.128. The van der Waals surface area contributed by atoms with Gasteiger partial charge < -0.3 is 18.9 Å². The van der Waals surface area contributed by atoms with Crippen molar-refractivity contribution in [2.24, 2.45) is 0 Å². The number of hydrogen-bond acceptors (Lipinski definition) is 5. The summed E-state index contributed by atoms with van der Waals surface area (Å²) in [5, 5.41) is 1.86. The number of halogens is 1. The van der Waals surface area contributed by atoms with Gasteiger partial charge in [-0.25, -0.2) is 0 Å². The van der Waals surface area contributed by atoms with E-state index in [4.69, 9.17) is 30.5 Å². The summed E-state index contributed by atoms with van der Waals surface area (Å²) in [6.45, 7) is 2.62. The minimum atomic E-state index is -0.414. The molecule has 0 spiro atoms. The molecule has 0 bridgehead atoms. The Morgan fingerprint density at radius 3 is 2.27 bits per heavy atom. The van der Waals surface area contributed by atoms with Gasteiger partial charge in [0.1, 0.15) is 0 Å². The van der Waals surface area contributed by atoms with E-state index in [9.17, 15) is 4.79 Å². The summed E-state index contributed by atoms with van der Waals surface area (Å²) in [7, 11) is 3.03. The molecule has 3 aromatic carbocycles. The fourth-order valence-corrected chi connectivity index (χ4v) is 3.37. The average Bonchev–Trinajstić information content (AvgIpc) is 2.75. The third-order valence-electron chi connectivity index (χ3n) is 4.65. The fourth-order valence-electron chi connectivity index (χ4n) is 3.20. The van der Waals surface area contributed by atoms with Crippen molar-refractivity contribution in [3.05, 3.63) is 59.1 Å². The van der Waals surface area contributed by atoms with E-state index in [1.54, 1.807) is 12.1 Å². The van der Waals surface area contributed by atoms with Crippen LogP contribution in [0.4, 0.5) is 0 Å². The third-order valence-corrected chi connectivity index (χ3v) is 4.88. The van der Waals surface area contributed by atoms with Crippen molar-refractivity contribution in [2.45, 2.75) is 26.2 Å². The molecule has 0 saturated carbocycles. The molecule has 6 heteroatoms. The van der Waals surface area contributed by atoms with Gasteiger partial charge in [0, 0.05) is 15.8 Å². The number of fused-ring (bicyclic) bond motifs is 1. The Morgan fingerprint density at radius 2 is 1.60 bits per heavy atom. The Balaban J connectivity index is 2.09. The topological polar surface area (TPSA) is 54.0 Å². The zero-order valence-corrected chi connectivity index (χ0v) is 18.1. The molecule has 158 valence electrons. The van der Waals surface area contributed by atoms with Gasteiger partial charge in [0.25, 0.3) is 0 Å². The van der Waals surface area contributed by atoms with Crippen LogP contribution in [0.15, 0.2) is 48.5 Å². The summed E-state index contributed by atoms with van der Waals surface area (Å²) in [5.41, 5.74) is 0.857. The SMILES string of the molecule is CCCCOc1c(OC)c(OC)c(OC(=O)Cc2ccccc2)c2cc(Cl)ccc12. The largest absolute Gasteiger partial charge is 0.490 e. The summed E-state index contributed by atoms with van der Waals surface area (Å²) in [6, 6.07) is 14.7. The highest BCUT2D eigenvalue weighted by molar-refractivity contribution is 6.31. The summed E-state index contributed by atoms with van der Waals surface area (Å²) < 4.78 is 23.0. The maximum absolute atomic E-state index is 12.7. The first-order valence-electron chi connectivity index (χ1n) is 9.83. The first kappa shape index (κ1) is 21.8. The molecule has 0 saturated heterocycles. The van der Waals surface area contributed by atoms with E-state index >= 15 is 0 Å². The Labute approximate surface area is 181 Å². The maximum Gasteiger partial charge on any atom is 0.315 e. The van der Waals surface area contributed by atoms with Crippen LogP contribution in [0.1, 0.15) is 25.3 Å². The molecule has 0 atom stereocenters. The van der Waals surface area contributed by atoms with E-state index in [1.807, 2.05) is 36.4 Å². The van der Waals surface area contributed by atoms with Gasteiger partial charge in [0.15, 0.2) is 11.5 Å². The molecule has 0 N–H and O–H groups in total. The van der Waals surface area contributed by atoms with Crippen molar-refractivity contribution in [3.63, 3.8) is 0 Å². The molecule has 5 nitrogen and oxygen atoms in total. The van der Waals surface area contributed by atoms with Crippen LogP contribution < -0.4 is 18.9 Å². The van der Waals surface area contributed by atoms with Crippen LogP contribution in [0, 0.1) is 0 Å².